The molecule has 2 rings (SSSR count). The van der Waals surface area contributed by atoms with Gasteiger partial charge in [-0.2, -0.15) is 0 Å². The van der Waals surface area contributed by atoms with Gasteiger partial charge in [-0.1, -0.05) is 19.4 Å². The van der Waals surface area contributed by atoms with Gasteiger partial charge in [-0.15, -0.1) is 0 Å². The van der Waals surface area contributed by atoms with Crippen molar-refractivity contribution in [2.45, 2.75) is 45.6 Å². The zero-order valence-corrected chi connectivity index (χ0v) is 13.6. The lowest BCUT2D eigenvalue weighted by Crippen LogP contribution is -2.32. The van der Waals surface area contributed by atoms with Crippen LogP contribution in [-0.2, 0) is 0 Å². The number of carbonyl (C=O) groups excluding carboxylic acids is 2. The second kappa shape index (κ2) is 7.29. The van der Waals surface area contributed by atoms with Gasteiger partial charge < -0.3 is 15.5 Å². The van der Waals surface area contributed by atoms with Crippen LogP contribution in [0.5, 0.6) is 0 Å². The van der Waals surface area contributed by atoms with E-state index < -0.39 is 0 Å². The molecule has 3 amide bonds. The molecular weight excluding hydrogens is 278 g/mol. The summed E-state index contributed by atoms with van der Waals surface area (Å²) in [7, 11) is 1.78. The van der Waals surface area contributed by atoms with Gasteiger partial charge in [0.1, 0.15) is 0 Å². The third kappa shape index (κ3) is 4.48. The van der Waals surface area contributed by atoms with Crippen molar-refractivity contribution >= 4 is 17.6 Å². The molecule has 0 unspecified atom stereocenters. The highest BCUT2D eigenvalue weighted by Crippen LogP contribution is 2.21. The highest BCUT2D eigenvalue weighted by Gasteiger charge is 2.24. The van der Waals surface area contributed by atoms with Crippen molar-refractivity contribution < 1.29 is 9.59 Å². The minimum Gasteiger partial charge on any atom is -0.349 e. The van der Waals surface area contributed by atoms with E-state index in [2.05, 4.69) is 17.6 Å². The van der Waals surface area contributed by atoms with Gasteiger partial charge in [0, 0.05) is 30.9 Å². The van der Waals surface area contributed by atoms with Crippen molar-refractivity contribution in [2.24, 2.45) is 0 Å². The first kappa shape index (κ1) is 16.3. The lowest BCUT2D eigenvalue weighted by atomic mass is 10.1. The zero-order chi connectivity index (χ0) is 16.1. The monoisotopic (exact) mass is 303 g/mol. The smallest absolute Gasteiger partial charge is 0.321 e. The summed E-state index contributed by atoms with van der Waals surface area (Å²) in [4.78, 5) is 25.9. The van der Waals surface area contributed by atoms with Gasteiger partial charge in [0.15, 0.2) is 0 Å². The predicted molar refractivity (Wildman–Crippen MR) is 88.2 cm³/mol. The number of rotatable bonds is 6. The van der Waals surface area contributed by atoms with Gasteiger partial charge in [-0.25, -0.2) is 4.79 Å². The Bertz CT molecular complexity index is 553. The average molecular weight is 303 g/mol. The number of unbranched alkanes of at least 4 members (excludes halogenated alkanes) is 1. The number of hydrogen-bond acceptors (Lipinski definition) is 2. The summed E-state index contributed by atoms with van der Waals surface area (Å²) in [5.41, 5.74) is 2.22. The van der Waals surface area contributed by atoms with Gasteiger partial charge >= 0.3 is 6.03 Å². The first-order chi connectivity index (χ1) is 10.5. The van der Waals surface area contributed by atoms with E-state index in [0.29, 0.717) is 17.3 Å². The first-order valence-electron chi connectivity index (χ1n) is 7.95. The molecule has 1 fully saturated rings. The second-order valence-corrected chi connectivity index (χ2v) is 5.98. The minimum atomic E-state index is -0.142. The molecule has 0 saturated heterocycles. The van der Waals surface area contributed by atoms with Gasteiger partial charge in [-0.05, 0) is 43.9 Å². The Balaban J connectivity index is 2.02. The van der Waals surface area contributed by atoms with Crippen molar-refractivity contribution in [3.63, 3.8) is 0 Å². The maximum atomic E-state index is 12.2. The Hall–Kier alpha value is -2.04. The third-order valence-electron chi connectivity index (χ3n) is 3.85. The molecular formula is C17H25N3O2. The molecule has 5 nitrogen and oxygen atoms in total. The van der Waals surface area contributed by atoms with E-state index in [0.717, 1.165) is 37.8 Å². The largest absolute Gasteiger partial charge is 0.349 e. The van der Waals surface area contributed by atoms with Gasteiger partial charge in [0.05, 0.1) is 0 Å². The van der Waals surface area contributed by atoms with Crippen LogP contribution in [0.4, 0.5) is 10.5 Å². The maximum Gasteiger partial charge on any atom is 0.321 e. The topological polar surface area (TPSA) is 61.4 Å². The fourth-order valence-electron chi connectivity index (χ4n) is 2.10. The molecule has 0 atom stereocenters. The third-order valence-corrected chi connectivity index (χ3v) is 3.85. The summed E-state index contributed by atoms with van der Waals surface area (Å²) >= 11 is 0. The van der Waals surface area contributed by atoms with Crippen molar-refractivity contribution in [1.29, 1.82) is 0 Å². The summed E-state index contributed by atoms with van der Waals surface area (Å²) in [6.45, 7) is 4.74. The van der Waals surface area contributed by atoms with Crippen LogP contribution < -0.4 is 10.6 Å². The molecule has 1 aliphatic rings. The number of amides is 3. The number of hydrogen-bond donors (Lipinski definition) is 2. The number of aryl methyl sites for hydroxylation is 1. The van der Waals surface area contributed by atoms with Crippen LogP contribution in [0.2, 0.25) is 0 Å². The Labute approximate surface area is 132 Å². The van der Waals surface area contributed by atoms with E-state index in [1.807, 2.05) is 13.0 Å². The number of nitrogens with zero attached hydrogens (tertiary/aromatic N) is 1. The lowest BCUT2D eigenvalue weighted by molar-refractivity contribution is 0.0951. The molecule has 120 valence electrons. The molecule has 22 heavy (non-hydrogen) atoms. The Morgan fingerprint density at radius 3 is 2.68 bits per heavy atom. The molecule has 0 bridgehead atoms. The van der Waals surface area contributed by atoms with Gasteiger partial charge in [0.2, 0.25) is 0 Å². The van der Waals surface area contributed by atoms with Crippen molar-refractivity contribution in [3.05, 3.63) is 29.3 Å². The molecule has 5 heteroatoms. The van der Waals surface area contributed by atoms with Crippen LogP contribution >= 0.6 is 0 Å². The molecule has 1 saturated carbocycles. The number of carbonyl (C=O) groups is 2. The van der Waals surface area contributed by atoms with Crippen LogP contribution in [0.3, 0.4) is 0 Å². The number of anilines is 1. The zero-order valence-electron chi connectivity index (χ0n) is 13.6. The summed E-state index contributed by atoms with van der Waals surface area (Å²) < 4.78 is 0. The quantitative estimate of drug-likeness (QED) is 0.848. The molecule has 0 radical (unpaired) electrons. The van der Waals surface area contributed by atoms with Crippen molar-refractivity contribution in [1.82, 2.24) is 10.2 Å². The number of urea groups is 1. The van der Waals surface area contributed by atoms with E-state index in [4.69, 9.17) is 0 Å². The van der Waals surface area contributed by atoms with Crippen molar-refractivity contribution in [3.8, 4) is 0 Å². The fourth-order valence-corrected chi connectivity index (χ4v) is 2.10. The molecule has 0 spiro atoms. The van der Waals surface area contributed by atoms with Crippen LogP contribution in [-0.4, -0.2) is 36.5 Å². The van der Waals surface area contributed by atoms with E-state index in [9.17, 15) is 9.59 Å². The summed E-state index contributed by atoms with van der Waals surface area (Å²) in [5.74, 6) is -0.0719. The number of benzene rings is 1. The summed E-state index contributed by atoms with van der Waals surface area (Å²) in [5, 5.41) is 5.85. The predicted octanol–water partition coefficient (Wildman–Crippen LogP) is 3.15. The van der Waals surface area contributed by atoms with Gasteiger partial charge in [0.25, 0.3) is 5.91 Å². The van der Waals surface area contributed by atoms with E-state index in [1.165, 1.54) is 0 Å². The summed E-state index contributed by atoms with van der Waals surface area (Å²) in [6.07, 6.45) is 4.15. The molecule has 0 aromatic heterocycles. The van der Waals surface area contributed by atoms with Crippen LogP contribution in [0, 0.1) is 6.92 Å². The fraction of sp³-hybridized carbons (Fsp3) is 0.529. The standard InChI is InChI=1S/C17H25N3O2/c1-4-5-10-20(3)17(22)19-15-11-13(7-6-12(15)2)16(21)18-14-8-9-14/h6-7,11,14H,4-5,8-10H2,1-3H3,(H,18,21)(H,19,22). The van der Waals surface area contributed by atoms with E-state index in [1.54, 1.807) is 24.1 Å². The van der Waals surface area contributed by atoms with Crippen LogP contribution in [0.1, 0.15) is 48.5 Å². The maximum absolute atomic E-state index is 12.2. The van der Waals surface area contributed by atoms with E-state index in [-0.39, 0.29) is 11.9 Å². The highest BCUT2D eigenvalue weighted by atomic mass is 16.2. The summed E-state index contributed by atoms with van der Waals surface area (Å²) in [6, 6.07) is 5.59. The van der Waals surface area contributed by atoms with Gasteiger partial charge in [-0.3, -0.25) is 4.79 Å². The second-order valence-electron chi connectivity index (χ2n) is 5.98. The molecule has 0 heterocycles. The Morgan fingerprint density at radius 2 is 2.05 bits per heavy atom. The molecule has 1 aromatic carbocycles. The molecule has 1 aromatic rings. The Morgan fingerprint density at radius 1 is 1.32 bits per heavy atom. The minimum absolute atomic E-state index is 0.0719. The van der Waals surface area contributed by atoms with Crippen molar-refractivity contribution in [2.75, 3.05) is 18.9 Å². The highest BCUT2D eigenvalue weighted by molar-refractivity contribution is 5.97. The SMILES string of the molecule is CCCCN(C)C(=O)Nc1cc(C(=O)NC2CC2)ccc1C. The van der Waals surface area contributed by atoms with E-state index >= 15 is 0 Å². The first-order valence-corrected chi connectivity index (χ1v) is 7.95. The molecule has 2 N–H and O–H groups in total. The number of nitrogens with one attached hydrogen (secondary N) is 2. The van der Waals surface area contributed by atoms with Crippen LogP contribution in [0.25, 0.3) is 0 Å². The molecule has 1 aliphatic carbocycles. The van der Waals surface area contributed by atoms with Crippen LogP contribution in [0.15, 0.2) is 18.2 Å². The average Bonchev–Trinajstić information content (AvgIpc) is 3.30. The Kier molecular flexibility index (Phi) is 5.41. The normalized spacial score (nSPS) is 13.6. The molecule has 0 aliphatic heterocycles. The lowest BCUT2D eigenvalue weighted by Gasteiger charge is -2.19.